The zero-order valence-corrected chi connectivity index (χ0v) is 19.4. The number of hydrogen-bond acceptors (Lipinski definition) is 5. The smallest absolute Gasteiger partial charge is 0.242 e. The first-order chi connectivity index (χ1) is 16.3. The number of fused-ring (bicyclic) bond motifs is 3. The normalized spacial score (nSPS) is 12.8. The Balaban J connectivity index is 1.44. The van der Waals surface area contributed by atoms with Gasteiger partial charge in [-0.25, -0.2) is 18.4 Å². The lowest BCUT2D eigenvalue weighted by molar-refractivity contribution is -0.117. The first-order valence-corrected chi connectivity index (χ1v) is 12.3. The van der Waals surface area contributed by atoms with Crippen molar-refractivity contribution >= 4 is 54.5 Å². The Bertz CT molecular complexity index is 1670. The van der Waals surface area contributed by atoms with Crippen molar-refractivity contribution in [2.75, 3.05) is 5.32 Å². The van der Waals surface area contributed by atoms with E-state index in [0.29, 0.717) is 11.2 Å². The Labute approximate surface area is 196 Å². The molecule has 1 heterocycles. The maximum absolute atomic E-state index is 12.9. The molecule has 0 fully saturated rings. The highest BCUT2D eigenvalue weighted by Gasteiger charge is 2.22. The third-order valence-corrected chi connectivity index (χ3v) is 7.21. The molecule has 5 aromatic rings. The van der Waals surface area contributed by atoms with E-state index >= 15 is 0 Å². The second kappa shape index (κ2) is 8.48. The molecular formula is C26H22N4O3S. The van der Waals surface area contributed by atoms with Crippen LogP contribution in [0.1, 0.15) is 12.5 Å². The first-order valence-electron chi connectivity index (χ1n) is 10.8. The summed E-state index contributed by atoms with van der Waals surface area (Å²) in [6, 6.07) is 22.5. The molecule has 0 spiro atoms. The molecule has 0 aliphatic carbocycles. The summed E-state index contributed by atoms with van der Waals surface area (Å²) in [5.74, 6) is -0.465. The van der Waals surface area contributed by atoms with Gasteiger partial charge < -0.3 is 5.32 Å². The molecule has 1 aromatic heterocycles. The van der Waals surface area contributed by atoms with Gasteiger partial charge in [0.25, 0.3) is 0 Å². The van der Waals surface area contributed by atoms with E-state index in [0.717, 1.165) is 32.9 Å². The average Bonchev–Trinajstić information content (AvgIpc) is 2.81. The fourth-order valence-corrected chi connectivity index (χ4v) is 5.02. The summed E-state index contributed by atoms with van der Waals surface area (Å²) in [4.78, 5) is 22.4. The molecule has 4 aromatic carbocycles. The summed E-state index contributed by atoms with van der Waals surface area (Å²) in [6.07, 6.45) is 0. The summed E-state index contributed by atoms with van der Waals surface area (Å²) in [5, 5.41) is 4.54. The number of anilines is 1. The predicted molar refractivity (Wildman–Crippen MR) is 134 cm³/mol. The van der Waals surface area contributed by atoms with Crippen LogP contribution in [0.4, 0.5) is 5.69 Å². The molecule has 2 N–H and O–H groups in total. The van der Waals surface area contributed by atoms with Crippen LogP contribution in [0, 0.1) is 6.92 Å². The van der Waals surface area contributed by atoms with Crippen LogP contribution in [0.3, 0.4) is 0 Å². The molecule has 7 nitrogen and oxygen atoms in total. The monoisotopic (exact) mass is 470 g/mol. The van der Waals surface area contributed by atoms with Crippen LogP contribution in [0.5, 0.6) is 0 Å². The second-order valence-corrected chi connectivity index (χ2v) is 9.94. The largest absolute Gasteiger partial charge is 0.324 e. The molecule has 1 amide bonds. The minimum Gasteiger partial charge on any atom is -0.324 e. The van der Waals surface area contributed by atoms with Crippen LogP contribution in [0.15, 0.2) is 83.8 Å². The Morgan fingerprint density at radius 3 is 2.15 bits per heavy atom. The lowest BCUT2D eigenvalue weighted by Gasteiger charge is -2.16. The zero-order chi connectivity index (χ0) is 23.9. The lowest BCUT2D eigenvalue weighted by atomic mass is 10.1. The Kier molecular flexibility index (Phi) is 5.47. The van der Waals surface area contributed by atoms with Gasteiger partial charge in [-0.05, 0) is 61.7 Å². The number of hydrogen-bond donors (Lipinski definition) is 2. The zero-order valence-electron chi connectivity index (χ0n) is 18.6. The van der Waals surface area contributed by atoms with E-state index in [1.54, 1.807) is 18.2 Å². The highest BCUT2D eigenvalue weighted by atomic mass is 32.2. The summed E-state index contributed by atoms with van der Waals surface area (Å²) in [7, 11) is -3.83. The van der Waals surface area contributed by atoms with Gasteiger partial charge in [0.05, 0.1) is 33.0 Å². The van der Waals surface area contributed by atoms with Crippen molar-refractivity contribution in [2.45, 2.75) is 24.8 Å². The number of sulfonamides is 1. The van der Waals surface area contributed by atoms with Gasteiger partial charge in [0.2, 0.25) is 15.9 Å². The van der Waals surface area contributed by atoms with Crippen molar-refractivity contribution < 1.29 is 13.2 Å². The predicted octanol–water partition coefficient (Wildman–Crippen LogP) is 4.55. The quantitative estimate of drug-likeness (QED) is 0.367. The fraction of sp³-hybridized carbons (Fsp3) is 0.115. The minimum absolute atomic E-state index is 0.111. The van der Waals surface area contributed by atoms with Crippen molar-refractivity contribution in [2.24, 2.45) is 0 Å². The van der Waals surface area contributed by atoms with E-state index in [-0.39, 0.29) is 4.90 Å². The Morgan fingerprint density at radius 2 is 1.47 bits per heavy atom. The van der Waals surface area contributed by atoms with Gasteiger partial charge >= 0.3 is 0 Å². The van der Waals surface area contributed by atoms with Crippen molar-refractivity contribution in [1.82, 2.24) is 14.7 Å². The first kappa shape index (κ1) is 21.9. The van der Waals surface area contributed by atoms with E-state index < -0.39 is 22.0 Å². The van der Waals surface area contributed by atoms with Crippen LogP contribution in [0.2, 0.25) is 0 Å². The average molecular weight is 471 g/mol. The number of benzene rings is 4. The van der Waals surface area contributed by atoms with Crippen LogP contribution >= 0.6 is 0 Å². The Hall–Kier alpha value is -3.88. The number of aryl methyl sites for hydroxylation is 1. The van der Waals surface area contributed by atoms with Crippen molar-refractivity contribution in [3.63, 3.8) is 0 Å². The third kappa shape index (κ3) is 4.21. The molecule has 0 aliphatic rings. The number of para-hydroxylation sites is 2. The van der Waals surface area contributed by atoms with Gasteiger partial charge in [-0.15, -0.1) is 0 Å². The van der Waals surface area contributed by atoms with E-state index in [4.69, 9.17) is 9.97 Å². The SMILES string of the molecule is Cc1ccc(S(=O)(=O)N[C@@H](C)C(=O)Nc2cccc3cc4nc5ccccc5nc4cc23)cc1. The molecule has 170 valence electrons. The number of nitrogens with zero attached hydrogens (tertiary/aromatic N) is 2. The molecule has 1 atom stereocenters. The minimum atomic E-state index is -3.83. The number of aromatic nitrogens is 2. The summed E-state index contributed by atoms with van der Waals surface area (Å²) in [5.41, 5.74) is 4.59. The number of rotatable bonds is 5. The maximum atomic E-state index is 12.9. The van der Waals surface area contributed by atoms with E-state index in [1.165, 1.54) is 19.1 Å². The molecule has 0 saturated heterocycles. The van der Waals surface area contributed by atoms with Crippen molar-refractivity contribution in [1.29, 1.82) is 0 Å². The summed E-state index contributed by atoms with van der Waals surface area (Å²) < 4.78 is 27.8. The van der Waals surface area contributed by atoms with Crippen molar-refractivity contribution in [3.8, 4) is 0 Å². The van der Waals surface area contributed by atoms with Crippen LogP contribution < -0.4 is 10.0 Å². The van der Waals surface area contributed by atoms with Crippen molar-refractivity contribution in [3.05, 3.63) is 84.4 Å². The molecule has 0 radical (unpaired) electrons. The topological polar surface area (TPSA) is 101 Å². The molecule has 8 heteroatoms. The highest BCUT2D eigenvalue weighted by molar-refractivity contribution is 7.89. The highest BCUT2D eigenvalue weighted by Crippen LogP contribution is 2.28. The van der Waals surface area contributed by atoms with Gasteiger partial charge in [0.15, 0.2) is 0 Å². The van der Waals surface area contributed by atoms with Gasteiger partial charge in [-0.3, -0.25) is 4.79 Å². The third-order valence-electron chi connectivity index (χ3n) is 5.65. The molecule has 0 unspecified atom stereocenters. The second-order valence-electron chi connectivity index (χ2n) is 8.23. The maximum Gasteiger partial charge on any atom is 0.242 e. The van der Waals surface area contributed by atoms with Gasteiger partial charge in [-0.1, -0.05) is 42.0 Å². The number of carbonyl (C=O) groups excluding carboxylic acids is 1. The van der Waals surface area contributed by atoms with E-state index in [1.807, 2.05) is 55.5 Å². The van der Waals surface area contributed by atoms with Crippen LogP contribution in [0.25, 0.3) is 32.8 Å². The standard InChI is InChI=1S/C26H22N4O3S/c1-16-10-12-19(13-11-16)34(32,33)30-17(2)26(31)29-21-9-5-6-18-14-24-25(15-20(18)21)28-23-8-4-3-7-22(23)27-24/h3-15,17,30H,1-2H3,(H,29,31)/t17-/m0/s1. The molecule has 0 saturated carbocycles. The number of carbonyl (C=O) groups is 1. The Morgan fingerprint density at radius 1 is 0.824 bits per heavy atom. The lowest BCUT2D eigenvalue weighted by Crippen LogP contribution is -2.41. The van der Waals surface area contributed by atoms with E-state index in [2.05, 4.69) is 10.0 Å². The molecule has 0 bridgehead atoms. The molecule has 5 rings (SSSR count). The molecule has 34 heavy (non-hydrogen) atoms. The molecule has 0 aliphatic heterocycles. The van der Waals surface area contributed by atoms with Crippen LogP contribution in [-0.2, 0) is 14.8 Å². The number of amides is 1. The fourth-order valence-electron chi connectivity index (χ4n) is 3.82. The summed E-state index contributed by atoms with van der Waals surface area (Å²) in [6.45, 7) is 3.39. The molecular weight excluding hydrogens is 448 g/mol. The van der Waals surface area contributed by atoms with Gasteiger partial charge in [0.1, 0.15) is 0 Å². The van der Waals surface area contributed by atoms with Crippen LogP contribution in [-0.4, -0.2) is 30.3 Å². The summed E-state index contributed by atoms with van der Waals surface area (Å²) >= 11 is 0. The van der Waals surface area contributed by atoms with E-state index in [9.17, 15) is 13.2 Å². The van der Waals surface area contributed by atoms with Gasteiger partial charge in [0, 0.05) is 11.1 Å². The number of nitrogens with one attached hydrogen (secondary N) is 2. The van der Waals surface area contributed by atoms with Gasteiger partial charge in [-0.2, -0.15) is 4.72 Å².